The second kappa shape index (κ2) is 5.38. The number of hydrogen-bond acceptors (Lipinski definition) is 2. The number of nitrogens with one attached hydrogen (secondary N) is 1. The number of carbonyl (C=O) groups is 1. The Morgan fingerprint density at radius 3 is 2.35 bits per heavy atom. The molecule has 0 aromatic carbocycles. The highest BCUT2D eigenvalue weighted by molar-refractivity contribution is 5.75. The van der Waals surface area contributed by atoms with Crippen LogP contribution in [0.4, 0.5) is 0 Å². The first-order chi connectivity index (χ1) is 8.13. The Balaban J connectivity index is 1.95. The van der Waals surface area contributed by atoms with E-state index < -0.39 is 11.4 Å². The minimum Gasteiger partial charge on any atom is -0.481 e. The fourth-order valence-electron chi connectivity index (χ4n) is 3.42. The van der Waals surface area contributed by atoms with Gasteiger partial charge in [-0.2, -0.15) is 0 Å². The highest BCUT2D eigenvalue weighted by atomic mass is 16.4. The van der Waals surface area contributed by atoms with E-state index in [1.165, 1.54) is 38.5 Å². The minimum absolute atomic E-state index is 0.183. The van der Waals surface area contributed by atoms with Crippen LogP contribution in [-0.2, 0) is 4.79 Å². The van der Waals surface area contributed by atoms with E-state index in [2.05, 4.69) is 5.32 Å². The zero-order valence-electron chi connectivity index (χ0n) is 10.9. The van der Waals surface area contributed by atoms with Gasteiger partial charge in [-0.15, -0.1) is 0 Å². The van der Waals surface area contributed by atoms with Crippen LogP contribution >= 0.6 is 0 Å². The van der Waals surface area contributed by atoms with Gasteiger partial charge in [-0.3, -0.25) is 4.79 Å². The molecule has 98 valence electrons. The largest absolute Gasteiger partial charge is 0.481 e. The number of aliphatic carboxylic acids is 1. The third kappa shape index (κ3) is 2.82. The molecule has 2 fully saturated rings. The summed E-state index contributed by atoms with van der Waals surface area (Å²) in [5.74, 6) is -0.624. The Kier molecular flexibility index (Phi) is 4.08. The van der Waals surface area contributed by atoms with Crippen molar-refractivity contribution in [2.75, 3.05) is 0 Å². The summed E-state index contributed by atoms with van der Waals surface area (Å²) in [7, 11) is 0. The molecule has 0 saturated heterocycles. The van der Waals surface area contributed by atoms with Crippen molar-refractivity contribution in [2.24, 2.45) is 5.41 Å². The van der Waals surface area contributed by atoms with E-state index in [9.17, 15) is 9.90 Å². The molecule has 0 heterocycles. The van der Waals surface area contributed by atoms with Crippen LogP contribution in [0.15, 0.2) is 0 Å². The molecule has 0 radical (unpaired) electrons. The van der Waals surface area contributed by atoms with Crippen LogP contribution in [0, 0.1) is 5.41 Å². The molecule has 3 nitrogen and oxygen atoms in total. The number of hydrogen-bond donors (Lipinski definition) is 2. The standard InChI is InChI=1S/C14H25NO2/c1-14(13(16)17)10-6-9-12(14)15-11-7-4-2-3-5-8-11/h11-12,15H,2-10H2,1H3,(H,16,17). The van der Waals surface area contributed by atoms with Gasteiger partial charge in [0.1, 0.15) is 0 Å². The van der Waals surface area contributed by atoms with Gasteiger partial charge in [0.05, 0.1) is 5.41 Å². The first-order valence-electron chi connectivity index (χ1n) is 7.12. The molecule has 0 aliphatic heterocycles. The molecular weight excluding hydrogens is 214 g/mol. The van der Waals surface area contributed by atoms with Crippen LogP contribution < -0.4 is 5.32 Å². The summed E-state index contributed by atoms with van der Waals surface area (Å²) < 4.78 is 0. The molecular formula is C14H25NO2. The van der Waals surface area contributed by atoms with E-state index in [4.69, 9.17) is 0 Å². The molecule has 2 aliphatic carbocycles. The quantitative estimate of drug-likeness (QED) is 0.744. The zero-order chi connectivity index (χ0) is 12.3. The summed E-state index contributed by atoms with van der Waals surface area (Å²) in [6, 6.07) is 0.738. The second-order valence-electron chi connectivity index (χ2n) is 6.02. The second-order valence-corrected chi connectivity index (χ2v) is 6.02. The number of carboxylic acid groups (broad SMARTS) is 1. The Hall–Kier alpha value is -0.570. The molecule has 0 spiro atoms. The van der Waals surface area contributed by atoms with Crippen molar-refractivity contribution < 1.29 is 9.90 Å². The van der Waals surface area contributed by atoms with Gasteiger partial charge < -0.3 is 10.4 Å². The number of rotatable bonds is 3. The average Bonchev–Trinajstić information content (AvgIpc) is 2.53. The Morgan fingerprint density at radius 2 is 1.76 bits per heavy atom. The molecule has 2 unspecified atom stereocenters. The monoisotopic (exact) mass is 239 g/mol. The third-order valence-electron chi connectivity index (χ3n) is 4.74. The predicted octanol–water partition coefficient (Wildman–Crippen LogP) is 2.94. The zero-order valence-corrected chi connectivity index (χ0v) is 10.9. The van der Waals surface area contributed by atoms with Gasteiger partial charge in [-0.05, 0) is 32.6 Å². The predicted molar refractivity (Wildman–Crippen MR) is 68.0 cm³/mol. The Labute approximate surface area is 104 Å². The van der Waals surface area contributed by atoms with Crippen molar-refractivity contribution in [1.82, 2.24) is 5.32 Å². The highest BCUT2D eigenvalue weighted by Crippen LogP contribution is 2.39. The fraction of sp³-hybridized carbons (Fsp3) is 0.929. The summed E-state index contributed by atoms with van der Waals surface area (Å²) in [6.45, 7) is 1.91. The average molecular weight is 239 g/mol. The molecule has 0 aromatic heterocycles. The van der Waals surface area contributed by atoms with E-state index in [1.807, 2.05) is 6.92 Å². The van der Waals surface area contributed by atoms with Gasteiger partial charge in [0.25, 0.3) is 0 Å². The normalized spacial score (nSPS) is 35.7. The van der Waals surface area contributed by atoms with E-state index in [-0.39, 0.29) is 6.04 Å². The van der Waals surface area contributed by atoms with Crippen molar-refractivity contribution in [1.29, 1.82) is 0 Å². The van der Waals surface area contributed by atoms with Gasteiger partial charge in [-0.1, -0.05) is 32.1 Å². The van der Waals surface area contributed by atoms with Crippen LogP contribution in [0.1, 0.15) is 64.7 Å². The maximum Gasteiger partial charge on any atom is 0.310 e. The van der Waals surface area contributed by atoms with Crippen molar-refractivity contribution >= 4 is 5.97 Å². The third-order valence-corrected chi connectivity index (χ3v) is 4.74. The molecule has 0 amide bonds. The van der Waals surface area contributed by atoms with E-state index in [0.29, 0.717) is 6.04 Å². The lowest BCUT2D eigenvalue weighted by Crippen LogP contribution is -2.48. The van der Waals surface area contributed by atoms with Crippen molar-refractivity contribution in [3.63, 3.8) is 0 Å². The van der Waals surface area contributed by atoms with Gasteiger partial charge in [0, 0.05) is 12.1 Å². The summed E-state index contributed by atoms with van der Waals surface area (Å²) >= 11 is 0. The number of carboxylic acids is 1. The smallest absolute Gasteiger partial charge is 0.310 e. The Bertz CT molecular complexity index is 271. The lowest BCUT2D eigenvalue weighted by atomic mass is 9.84. The lowest BCUT2D eigenvalue weighted by molar-refractivity contribution is -0.148. The molecule has 0 aromatic rings. The molecule has 17 heavy (non-hydrogen) atoms. The van der Waals surface area contributed by atoms with Gasteiger partial charge in [0.15, 0.2) is 0 Å². The first-order valence-corrected chi connectivity index (χ1v) is 7.12. The van der Waals surface area contributed by atoms with E-state index >= 15 is 0 Å². The van der Waals surface area contributed by atoms with E-state index in [0.717, 1.165) is 19.3 Å². The summed E-state index contributed by atoms with van der Waals surface area (Å²) in [5, 5.41) is 13.0. The van der Waals surface area contributed by atoms with Crippen molar-refractivity contribution in [3.8, 4) is 0 Å². The molecule has 0 bridgehead atoms. The van der Waals surface area contributed by atoms with Crippen LogP contribution in [0.2, 0.25) is 0 Å². The van der Waals surface area contributed by atoms with Crippen LogP contribution in [0.3, 0.4) is 0 Å². The van der Waals surface area contributed by atoms with Crippen molar-refractivity contribution in [2.45, 2.75) is 76.8 Å². The lowest BCUT2D eigenvalue weighted by Gasteiger charge is -2.31. The SMILES string of the molecule is CC1(C(=O)O)CCCC1NC1CCCCCC1. The van der Waals surface area contributed by atoms with Crippen LogP contribution in [0.25, 0.3) is 0 Å². The molecule has 2 atom stereocenters. The fourth-order valence-corrected chi connectivity index (χ4v) is 3.42. The van der Waals surface area contributed by atoms with Crippen LogP contribution in [-0.4, -0.2) is 23.2 Å². The maximum atomic E-state index is 11.4. The Morgan fingerprint density at radius 1 is 1.12 bits per heavy atom. The molecule has 2 aliphatic rings. The maximum absolute atomic E-state index is 11.4. The topological polar surface area (TPSA) is 49.3 Å². The molecule has 2 saturated carbocycles. The van der Waals surface area contributed by atoms with E-state index in [1.54, 1.807) is 0 Å². The minimum atomic E-state index is -0.624. The van der Waals surface area contributed by atoms with Gasteiger partial charge >= 0.3 is 5.97 Å². The van der Waals surface area contributed by atoms with Gasteiger partial charge in [0.2, 0.25) is 0 Å². The molecule has 3 heteroatoms. The highest BCUT2D eigenvalue weighted by Gasteiger charge is 2.45. The summed E-state index contributed by atoms with van der Waals surface area (Å²) in [5.41, 5.74) is -0.535. The van der Waals surface area contributed by atoms with Crippen molar-refractivity contribution in [3.05, 3.63) is 0 Å². The van der Waals surface area contributed by atoms with Gasteiger partial charge in [-0.25, -0.2) is 0 Å². The van der Waals surface area contributed by atoms with Crippen LogP contribution in [0.5, 0.6) is 0 Å². The molecule has 2 N–H and O–H groups in total. The first kappa shape index (κ1) is 12.9. The molecule has 2 rings (SSSR count). The summed E-state index contributed by atoms with van der Waals surface area (Å²) in [4.78, 5) is 11.4. The summed E-state index contributed by atoms with van der Waals surface area (Å²) in [6.07, 6.45) is 10.7.